The van der Waals surface area contributed by atoms with Crippen molar-refractivity contribution in [2.75, 3.05) is 7.05 Å². The molecule has 2 rings (SSSR count). The van der Waals surface area contributed by atoms with E-state index in [1.165, 1.54) is 6.42 Å². The average molecular weight is 219 g/mol. The van der Waals surface area contributed by atoms with Crippen molar-refractivity contribution in [1.82, 2.24) is 4.90 Å². The van der Waals surface area contributed by atoms with Crippen LogP contribution < -0.4 is 0 Å². The minimum atomic E-state index is 0.210. The number of allylic oxidation sites excluding steroid dienone is 3. The Bertz CT molecular complexity index is 332. The summed E-state index contributed by atoms with van der Waals surface area (Å²) in [4.78, 5) is 14.1. The molecule has 16 heavy (non-hydrogen) atoms. The molecule has 4 unspecified atom stereocenters. The Morgan fingerprint density at radius 1 is 1.44 bits per heavy atom. The van der Waals surface area contributed by atoms with Gasteiger partial charge in [0.2, 0.25) is 5.91 Å². The highest BCUT2D eigenvalue weighted by Gasteiger charge is 2.46. The molecule has 0 aliphatic heterocycles. The van der Waals surface area contributed by atoms with Crippen LogP contribution in [-0.4, -0.2) is 17.9 Å². The quantitative estimate of drug-likeness (QED) is 0.668. The molecule has 88 valence electrons. The molecule has 4 atom stereocenters. The molecule has 0 spiro atoms. The van der Waals surface area contributed by atoms with E-state index in [-0.39, 0.29) is 11.8 Å². The molecule has 2 nitrogen and oxygen atoms in total. The monoisotopic (exact) mass is 219 g/mol. The van der Waals surface area contributed by atoms with Gasteiger partial charge in [0.1, 0.15) is 0 Å². The SMILES string of the molecule is CC/C=C/N(C)C(=O)C1C2C=CC(C2)C1C. The van der Waals surface area contributed by atoms with Crippen LogP contribution in [0.15, 0.2) is 24.4 Å². The summed E-state index contributed by atoms with van der Waals surface area (Å²) in [5.74, 6) is 2.14. The van der Waals surface area contributed by atoms with E-state index >= 15 is 0 Å². The van der Waals surface area contributed by atoms with Crippen molar-refractivity contribution in [3.63, 3.8) is 0 Å². The van der Waals surface area contributed by atoms with Crippen LogP contribution in [0.5, 0.6) is 0 Å². The zero-order valence-corrected chi connectivity index (χ0v) is 10.4. The molecule has 0 aromatic heterocycles. The van der Waals surface area contributed by atoms with Gasteiger partial charge in [0, 0.05) is 19.2 Å². The average Bonchev–Trinajstić information content (AvgIpc) is 2.85. The smallest absolute Gasteiger partial charge is 0.230 e. The molecule has 0 heterocycles. The van der Waals surface area contributed by atoms with Crippen LogP contribution in [0.1, 0.15) is 26.7 Å². The Balaban J connectivity index is 2.05. The molecular formula is C14H21NO. The Hall–Kier alpha value is -1.05. The lowest BCUT2D eigenvalue weighted by molar-refractivity contribution is -0.133. The zero-order chi connectivity index (χ0) is 11.7. The molecule has 0 N–H and O–H groups in total. The highest BCUT2D eigenvalue weighted by Crippen LogP contribution is 2.48. The molecule has 2 heteroatoms. The molecule has 0 radical (unpaired) electrons. The van der Waals surface area contributed by atoms with Gasteiger partial charge in [-0.05, 0) is 30.6 Å². The van der Waals surface area contributed by atoms with Gasteiger partial charge in [-0.2, -0.15) is 0 Å². The summed E-state index contributed by atoms with van der Waals surface area (Å²) in [6.45, 7) is 4.30. The van der Waals surface area contributed by atoms with E-state index in [0.29, 0.717) is 17.8 Å². The summed E-state index contributed by atoms with van der Waals surface area (Å²) in [6, 6.07) is 0. The summed E-state index contributed by atoms with van der Waals surface area (Å²) in [5.41, 5.74) is 0. The molecule has 1 fully saturated rings. The van der Waals surface area contributed by atoms with E-state index in [1.54, 1.807) is 4.90 Å². The lowest BCUT2D eigenvalue weighted by Gasteiger charge is -2.26. The predicted octanol–water partition coefficient (Wildman–Crippen LogP) is 2.83. The normalized spacial score (nSPS) is 36.2. The van der Waals surface area contributed by atoms with Gasteiger partial charge in [-0.3, -0.25) is 4.79 Å². The van der Waals surface area contributed by atoms with Crippen LogP contribution in [0.25, 0.3) is 0 Å². The van der Waals surface area contributed by atoms with Gasteiger partial charge >= 0.3 is 0 Å². The first-order valence-electron chi connectivity index (χ1n) is 6.26. The summed E-state index contributed by atoms with van der Waals surface area (Å²) in [7, 11) is 1.87. The molecule has 2 aliphatic rings. The summed E-state index contributed by atoms with van der Waals surface area (Å²) in [6.07, 6.45) is 10.6. The Morgan fingerprint density at radius 2 is 2.12 bits per heavy atom. The molecule has 2 aliphatic carbocycles. The van der Waals surface area contributed by atoms with E-state index in [2.05, 4.69) is 26.0 Å². The fourth-order valence-electron chi connectivity index (χ4n) is 3.05. The Morgan fingerprint density at radius 3 is 2.69 bits per heavy atom. The number of nitrogens with zero attached hydrogens (tertiary/aromatic N) is 1. The second-order valence-corrected chi connectivity index (χ2v) is 5.08. The number of fused-ring (bicyclic) bond motifs is 2. The van der Waals surface area contributed by atoms with Crippen molar-refractivity contribution in [2.24, 2.45) is 23.7 Å². The predicted molar refractivity (Wildman–Crippen MR) is 65.6 cm³/mol. The molecule has 0 saturated heterocycles. The minimum Gasteiger partial charge on any atom is -0.322 e. The maximum Gasteiger partial charge on any atom is 0.230 e. The van der Waals surface area contributed by atoms with Crippen LogP contribution in [0.3, 0.4) is 0 Å². The Kier molecular flexibility index (Phi) is 3.17. The van der Waals surface area contributed by atoms with E-state index in [1.807, 2.05) is 19.3 Å². The number of hydrogen-bond donors (Lipinski definition) is 0. The second-order valence-electron chi connectivity index (χ2n) is 5.08. The van der Waals surface area contributed by atoms with E-state index in [0.717, 1.165) is 6.42 Å². The maximum absolute atomic E-state index is 12.3. The van der Waals surface area contributed by atoms with Gasteiger partial charge in [0.15, 0.2) is 0 Å². The third kappa shape index (κ3) is 1.81. The lowest BCUT2D eigenvalue weighted by Crippen LogP contribution is -2.35. The van der Waals surface area contributed by atoms with Crippen LogP contribution in [-0.2, 0) is 4.79 Å². The largest absolute Gasteiger partial charge is 0.322 e. The van der Waals surface area contributed by atoms with Gasteiger partial charge < -0.3 is 4.90 Å². The molecule has 1 amide bonds. The lowest BCUT2D eigenvalue weighted by atomic mass is 9.83. The van der Waals surface area contributed by atoms with Gasteiger partial charge in [-0.15, -0.1) is 0 Å². The molecule has 2 bridgehead atoms. The first kappa shape index (κ1) is 11.4. The van der Waals surface area contributed by atoms with Crippen molar-refractivity contribution >= 4 is 5.91 Å². The molecule has 1 saturated carbocycles. The molecular weight excluding hydrogens is 198 g/mol. The van der Waals surface area contributed by atoms with Gasteiger partial charge in [0.25, 0.3) is 0 Å². The standard InChI is InChI=1S/C14H21NO/c1-4-5-8-15(3)14(16)13-10(2)11-6-7-12(13)9-11/h5-8,10-13H,4,9H2,1-3H3/b8-5+. The van der Waals surface area contributed by atoms with Gasteiger partial charge in [-0.1, -0.05) is 32.1 Å². The van der Waals surface area contributed by atoms with Crippen molar-refractivity contribution in [1.29, 1.82) is 0 Å². The summed E-state index contributed by atoms with van der Waals surface area (Å²) >= 11 is 0. The van der Waals surface area contributed by atoms with Crippen molar-refractivity contribution in [2.45, 2.75) is 26.7 Å². The first-order chi connectivity index (χ1) is 7.65. The summed E-state index contributed by atoms with van der Waals surface area (Å²) in [5, 5.41) is 0. The van der Waals surface area contributed by atoms with E-state index < -0.39 is 0 Å². The first-order valence-corrected chi connectivity index (χ1v) is 6.26. The van der Waals surface area contributed by atoms with Gasteiger partial charge in [-0.25, -0.2) is 0 Å². The van der Waals surface area contributed by atoms with Crippen LogP contribution >= 0.6 is 0 Å². The number of carbonyl (C=O) groups is 1. The van der Waals surface area contributed by atoms with E-state index in [9.17, 15) is 4.79 Å². The third-order valence-corrected chi connectivity index (χ3v) is 4.05. The molecule has 0 aromatic rings. The van der Waals surface area contributed by atoms with Crippen LogP contribution in [0.2, 0.25) is 0 Å². The van der Waals surface area contributed by atoms with Crippen molar-refractivity contribution in [3.8, 4) is 0 Å². The number of rotatable bonds is 3. The number of amides is 1. The van der Waals surface area contributed by atoms with Crippen LogP contribution in [0.4, 0.5) is 0 Å². The highest BCUT2D eigenvalue weighted by atomic mass is 16.2. The zero-order valence-electron chi connectivity index (χ0n) is 10.4. The fourth-order valence-corrected chi connectivity index (χ4v) is 3.05. The van der Waals surface area contributed by atoms with Crippen molar-refractivity contribution in [3.05, 3.63) is 24.4 Å². The Labute approximate surface area is 98.0 Å². The van der Waals surface area contributed by atoms with Crippen molar-refractivity contribution < 1.29 is 4.79 Å². The molecule has 0 aromatic carbocycles. The van der Waals surface area contributed by atoms with Gasteiger partial charge in [0.05, 0.1) is 0 Å². The third-order valence-electron chi connectivity index (χ3n) is 4.05. The fraction of sp³-hybridized carbons (Fsp3) is 0.643. The van der Waals surface area contributed by atoms with E-state index in [4.69, 9.17) is 0 Å². The number of carbonyl (C=O) groups excluding carboxylic acids is 1. The topological polar surface area (TPSA) is 20.3 Å². The maximum atomic E-state index is 12.3. The number of hydrogen-bond acceptors (Lipinski definition) is 1. The highest BCUT2D eigenvalue weighted by molar-refractivity contribution is 5.81. The summed E-state index contributed by atoms with van der Waals surface area (Å²) < 4.78 is 0. The van der Waals surface area contributed by atoms with Crippen LogP contribution in [0, 0.1) is 23.7 Å². The minimum absolute atomic E-state index is 0.210. The second kappa shape index (κ2) is 4.44.